The third kappa shape index (κ3) is 6.48. The number of likely N-dealkylation sites (N-methyl/N-ethyl adjacent to an activating group) is 1. The Hall–Kier alpha value is -3.69. The standard InChI is InChI=1S/C30H37N3O10/c1-17(7-6-10-22(35)33(13-14-34)16-18-8-4-3-5-9-18)30(42)20-15-19(11-12-21(20)32(2)29(30)41)31-27(39)26-24(37)23(36)25(38)28(40)43-26/h3-9,11-12,15,17,23-26,28,34,36-38,40,42H,10,13-14,16H2,1-2H3,(H,31,39)/b7-6+/t17-,23-,24-,25+,26-,28+,30+/m0/s1. The van der Waals surface area contributed by atoms with Gasteiger partial charge in [-0.3, -0.25) is 14.4 Å². The van der Waals surface area contributed by atoms with Crippen LogP contribution in [-0.2, 0) is 31.3 Å². The number of nitrogens with zero attached hydrogens (tertiary/aromatic N) is 2. The van der Waals surface area contributed by atoms with Crippen LogP contribution in [0.1, 0.15) is 24.5 Å². The fraction of sp³-hybridized carbons (Fsp3) is 0.433. The summed E-state index contributed by atoms with van der Waals surface area (Å²) in [5.41, 5.74) is -0.432. The maximum atomic E-state index is 13.3. The number of fused-ring (bicyclic) bond motifs is 1. The van der Waals surface area contributed by atoms with Crippen molar-refractivity contribution in [3.8, 4) is 0 Å². The monoisotopic (exact) mass is 599 g/mol. The van der Waals surface area contributed by atoms with Gasteiger partial charge in [0.05, 0.1) is 12.3 Å². The molecule has 0 saturated carbocycles. The summed E-state index contributed by atoms with van der Waals surface area (Å²) in [5.74, 6) is -2.61. The summed E-state index contributed by atoms with van der Waals surface area (Å²) in [4.78, 5) is 41.8. The number of carbonyl (C=O) groups is 3. The van der Waals surface area contributed by atoms with Crippen molar-refractivity contribution in [2.24, 2.45) is 5.92 Å². The van der Waals surface area contributed by atoms with Crippen LogP contribution in [0.4, 0.5) is 11.4 Å². The van der Waals surface area contributed by atoms with Crippen LogP contribution in [0.25, 0.3) is 0 Å². The number of rotatable bonds is 10. The van der Waals surface area contributed by atoms with Crippen LogP contribution in [0.3, 0.4) is 0 Å². The molecule has 1 fully saturated rings. The highest BCUT2D eigenvalue weighted by Gasteiger charge is 2.52. The number of hydrogen-bond acceptors (Lipinski definition) is 10. The molecule has 13 heteroatoms. The number of carbonyl (C=O) groups excluding carboxylic acids is 3. The lowest BCUT2D eigenvalue weighted by Gasteiger charge is -2.37. The second kappa shape index (κ2) is 13.3. The summed E-state index contributed by atoms with van der Waals surface area (Å²) in [5, 5.41) is 63.1. The molecule has 0 bridgehead atoms. The molecule has 0 radical (unpaired) electrons. The molecule has 0 aromatic heterocycles. The van der Waals surface area contributed by atoms with E-state index in [1.165, 1.54) is 35.0 Å². The highest BCUT2D eigenvalue weighted by atomic mass is 16.6. The highest BCUT2D eigenvalue weighted by Crippen LogP contribution is 2.45. The van der Waals surface area contributed by atoms with E-state index in [9.17, 15) is 45.0 Å². The summed E-state index contributed by atoms with van der Waals surface area (Å²) in [6, 6.07) is 13.7. The van der Waals surface area contributed by atoms with E-state index in [0.717, 1.165) is 5.56 Å². The van der Waals surface area contributed by atoms with Gasteiger partial charge in [-0.2, -0.15) is 0 Å². The van der Waals surface area contributed by atoms with Gasteiger partial charge in [-0.05, 0) is 23.8 Å². The molecule has 7 atom stereocenters. The normalized spacial score (nSPS) is 27.7. The molecule has 2 aromatic rings. The van der Waals surface area contributed by atoms with Crippen molar-refractivity contribution >= 4 is 29.1 Å². The smallest absolute Gasteiger partial charge is 0.264 e. The second-order valence-electron chi connectivity index (χ2n) is 10.7. The molecule has 2 aliphatic rings. The van der Waals surface area contributed by atoms with E-state index in [1.54, 1.807) is 19.1 Å². The molecule has 13 nitrogen and oxygen atoms in total. The number of aliphatic hydroxyl groups excluding tert-OH is 5. The van der Waals surface area contributed by atoms with Gasteiger partial charge in [0.1, 0.15) is 18.3 Å². The predicted octanol–water partition coefficient (Wildman–Crippen LogP) is -0.807. The van der Waals surface area contributed by atoms with Gasteiger partial charge in [0.25, 0.3) is 11.8 Å². The topological polar surface area (TPSA) is 200 Å². The van der Waals surface area contributed by atoms with Crippen molar-refractivity contribution in [1.29, 1.82) is 0 Å². The van der Waals surface area contributed by atoms with Crippen molar-refractivity contribution in [2.75, 3.05) is 30.4 Å². The molecule has 2 aliphatic heterocycles. The van der Waals surface area contributed by atoms with Crippen molar-refractivity contribution in [3.05, 3.63) is 71.8 Å². The van der Waals surface area contributed by atoms with Crippen LogP contribution in [0.15, 0.2) is 60.7 Å². The SMILES string of the molecule is C[C@@H](/C=C/CC(=O)N(CCO)Cc1ccccc1)[C@]1(O)C(=O)N(C)c2ccc(NC(=O)[C@H]3O[C@@H](O)[C@H](O)[C@@H](O)[C@@H]3O)cc21. The van der Waals surface area contributed by atoms with Gasteiger partial charge in [-0.15, -0.1) is 0 Å². The Labute approximate surface area is 248 Å². The van der Waals surface area contributed by atoms with Gasteiger partial charge in [0, 0.05) is 43.7 Å². The molecule has 0 aliphatic carbocycles. The number of amides is 3. The van der Waals surface area contributed by atoms with E-state index in [-0.39, 0.29) is 36.7 Å². The lowest BCUT2D eigenvalue weighted by atomic mass is 9.82. The summed E-state index contributed by atoms with van der Waals surface area (Å²) in [6.45, 7) is 1.88. The van der Waals surface area contributed by atoms with E-state index < -0.39 is 54.0 Å². The Morgan fingerprint density at radius 3 is 2.47 bits per heavy atom. The van der Waals surface area contributed by atoms with Gasteiger partial charge in [0.2, 0.25) is 5.91 Å². The number of anilines is 2. The second-order valence-corrected chi connectivity index (χ2v) is 10.7. The zero-order valence-corrected chi connectivity index (χ0v) is 23.8. The molecule has 43 heavy (non-hydrogen) atoms. The van der Waals surface area contributed by atoms with Crippen molar-refractivity contribution < 1.29 is 49.8 Å². The first kappa shape index (κ1) is 32.2. The molecule has 1 saturated heterocycles. The Morgan fingerprint density at radius 1 is 1.09 bits per heavy atom. The number of nitrogens with one attached hydrogen (secondary N) is 1. The molecule has 232 valence electrons. The summed E-state index contributed by atoms with van der Waals surface area (Å²) >= 11 is 0. The van der Waals surface area contributed by atoms with Crippen molar-refractivity contribution in [3.63, 3.8) is 0 Å². The molecule has 2 aromatic carbocycles. The minimum atomic E-state index is -2.05. The Morgan fingerprint density at radius 2 is 1.79 bits per heavy atom. The van der Waals surface area contributed by atoms with Crippen LogP contribution in [0.2, 0.25) is 0 Å². The summed E-state index contributed by atoms with van der Waals surface area (Å²) in [7, 11) is 1.49. The Bertz CT molecular complexity index is 1350. The van der Waals surface area contributed by atoms with Crippen molar-refractivity contribution in [2.45, 2.75) is 56.2 Å². The lowest BCUT2D eigenvalue weighted by Crippen LogP contribution is -2.60. The molecule has 4 rings (SSSR count). The number of aliphatic hydroxyl groups is 6. The van der Waals surface area contributed by atoms with E-state index in [4.69, 9.17) is 4.74 Å². The van der Waals surface area contributed by atoms with Crippen LogP contribution in [-0.4, -0.2) is 104 Å². The molecular formula is C30H37N3O10. The molecule has 0 spiro atoms. The zero-order chi connectivity index (χ0) is 31.5. The molecule has 2 heterocycles. The molecule has 7 N–H and O–H groups in total. The average Bonchev–Trinajstić information content (AvgIpc) is 3.19. The first-order chi connectivity index (χ1) is 20.4. The van der Waals surface area contributed by atoms with Gasteiger partial charge in [-0.25, -0.2) is 0 Å². The van der Waals surface area contributed by atoms with E-state index in [1.807, 2.05) is 30.3 Å². The van der Waals surface area contributed by atoms with Crippen LogP contribution in [0.5, 0.6) is 0 Å². The summed E-state index contributed by atoms with van der Waals surface area (Å²) < 4.78 is 4.97. The zero-order valence-electron chi connectivity index (χ0n) is 23.8. The van der Waals surface area contributed by atoms with Gasteiger partial charge in [0.15, 0.2) is 18.0 Å². The fourth-order valence-electron chi connectivity index (χ4n) is 5.28. The maximum absolute atomic E-state index is 13.3. The largest absolute Gasteiger partial charge is 0.395 e. The average molecular weight is 600 g/mol. The minimum Gasteiger partial charge on any atom is -0.395 e. The van der Waals surface area contributed by atoms with Gasteiger partial charge < -0.3 is 50.5 Å². The first-order valence-electron chi connectivity index (χ1n) is 13.8. The van der Waals surface area contributed by atoms with E-state index in [0.29, 0.717) is 12.2 Å². The highest BCUT2D eigenvalue weighted by molar-refractivity contribution is 6.07. The molecule has 3 amide bonds. The van der Waals surface area contributed by atoms with E-state index in [2.05, 4.69) is 5.32 Å². The first-order valence-corrected chi connectivity index (χ1v) is 13.8. The van der Waals surface area contributed by atoms with Gasteiger partial charge in [-0.1, -0.05) is 49.4 Å². The number of ether oxygens (including phenoxy) is 1. The van der Waals surface area contributed by atoms with E-state index >= 15 is 0 Å². The number of hydrogen-bond donors (Lipinski definition) is 7. The molecule has 0 unspecified atom stereocenters. The van der Waals surface area contributed by atoms with Gasteiger partial charge >= 0.3 is 0 Å². The summed E-state index contributed by atoms with van der Waals surface area (Å²) in [6.07, 6.45) is -5.99. The maximum Gasteiger partial charge on any atom is 0.264 e. The number of benzene rings is 2. The van der Waals surface area contributed by atoms with Crippen LogP contribution >= 0.6 is 0 Å². The molecular weight excluding hydrogens is 562 g/mol. The van der Waals surface area contributed by atoms with Crippen LogP contribution in [0, 0.1) is 5.92 Å². The predicted molar refractivity (Wildman–Crippen MR) is 153 cm³/mol. The third-order valence-corrected chi connectivity index (χ3v) is 7.83. The Kier molecular flexibility index (Phi) is 9.97. The quantitative estimate of drug-likeness (QED) is 0.170. The van der Waals surface area contributed by atoms with Crippen molar-refractivity contribution in [1.82, 2.24) is 4.90 Å². The Balaban J connectivity index is 1.49. The fourth-order valence-corrected chi connectivity index (χ4v) is 5.28. The van der Waals surface area contributed by atoms with Crippen LogP contribution < -0.4 is 10.2 Å². The minimum absolute atomic E-state index is 0.0314. The third-order valence-electron chi connectivity index (χ3n) is 7.83. The lowest BCUT2D eigenvalue weighted by molar-refractivity contribution is -0.274.